The van der Waals surface area contributed by atoms with Gasteiger partial charge < -0.3 is 38.1 Å². The maximum absolute atomic E-state index is 10.4. The van der Waals surface area contributed by atoms with Crippen LogP contribution in [-0.2, 0) is 68.7 Å². The minimum atomic E-state index is -4.27. The number of pyridine rings is 4. The van der Waals surface area contributed by atoms with Crippen LogP contribution in [0, 0.1) is 27.7 Å². The second kappa shape index (κ2) is 29.6. The molecule has 0 unspecified atom stereocenters. The Balaban J connectivity index is 0.000000196. The van der Waals surface area contributed by atoms with Gasteiger partial charge in [-0.05, 0) is 147 Å². The van der Waals surface area contributed by atoms with Crippen LogP contribution in [0.25, 0.3) is 22.3 Å². The lowest BCUT2D eigenvalue weighted by molar-refractivity contribution is -0.671. The molecular weight excluding hydrogens is 1300 g/mol. The molecule has 13 rings (SSSR count). The molecule has 0 fully saturated rings. The van der Waals surface area contributed by atoms with E-state index in [1.54, 1.807) is 48.5 Å². The normalized spacial score (nSPS) is 12.2. The zero-order valence-electron chi connectivity index (χ0n) is 53.4. The number of hydrogen-bond acceptors (Lipinski definition) is 12. The van der Waals surface area contributed by atoms with Gasteiger partial charge in [0.25, 0.3) is 0 Å². The van der Waals surface area contributed by atoms with Gasteiger partial charge in [0, 0.05) is 115 Å². The van der Waals surface area contributed by atoms with Crippen molar-refractivity contribution in [3.63, 3.8) is 0 Å². The van der Waals surface area contributed by atoms with Crippen LogP contribution in [-0.4, -0.2) is 71.8 Å². The standard InChI is InChI=1S/C44H38N8.4C7H8O3S/c1-49-21-13-29(14-22-49)41-33-5-7-35(45-33)42(30-15-23-50(2)24-16-30)37-9-11-39(47-37)44(32-19-27-52(4)28-20-32)40-12-10-38(48-40)43(36-8-6-34(41)46-36)31-17-25-51(3)26-18-31;4*1-6-2-4-7(5-3-6)11(8,9)10/h5-28H,1-4H3,(H2,45,46,47,48);4*2-5H,1H3,(H,8,9,10)/q+2;;;;/p-2. The first-order chi connectivity index (χ1) is 45.4. The van der Waals surface area contributed by atoms with Crippen molar-refractivity contribution >= 4 is 62.8 Å². The average Bonchev–Trinajstić information content (AvgIpc) is 1.61. The molecule has 0 saturated carbocycles. The molecule has 0 atom stereocenters. The largest absolute Gasteiger partial charge is 0.744 e. The van der Waals surface area contributed by atoms with Gasteiger partial charge in [0.2, 0.25) is 0 Å². The molecule has 0 spiro atoms. The molecule has 24 heteroatoms. The van der Waals surface area contributed by atoms with Gasteiger partial charge >= 0.3 is 0 Å². The second-order valence-electron chi connectivity index (χ2n) is 22.7. The lowest BCUT2D eigenvalue weighted by atomic mass is 10.0. The number of nitrogens with one attached hydrogen (secondary N) is 4. The molecule has 1 aliphatic rings. The van der Waals surface area contributed by atoms with Crippen LogP contribution in [0.5, 0.6) is 0 Å². The monoisotopic (exact) mass is 1360 g/mol. The molecule has 8 bridgehead atoms. The molecule has 0 aliphatic carbocycles. The van der Waals surface area contributed by atoms with Crippen LogP contribution in [0.4, 0.5) is 0 Å². The highest BCUT2D eigenvalue weighted by Crippen LogP contribution is 2.28. The molecule has 20 nitrogen and oxygen atoms in total. The highest BCUT2D eigenvalue weighted by atomic mass is 32.2. The predicted molar refractivity (Wildman–Crippen MR) is 355 cm³/mol. The third kappa shape index (κ3) is 18.1. The molecule has 0 saturated heterocycles. The van der Waals surface area contributed by atoms with Gasteiger partial charge in [-0.2, -0.15) is 0 Å². The van der Waals surface area contributed by atoms with Crippen molar-refractivity contribution in [2.24, 2.45) is 28.2 Å². The van der Waals surface area contributed by atoms with E-state index in [0.29, 0.717) is 0 Å². The Bertz CT molecular complexity index is 4800. The van der Waals surface area contributed by atoms with E-state index in [-0.39, 0.29) is 19.6 Å². The summed E-state index contributed by atoms with van der Waals surface area (Å²) in [5, 5.41) is 4.09. The first-order valence-electron chi connectivity index (χ1n) is 29.6. The van der Waals surface area contributed by atoms with Crippen LogP contribution >= 0.6 is 0 Å². The molecule has 96 heavy (non-hydrogen) atoms. The number of fused-ring (bicyclic) bond motifs is 8. The lowest BCUT2D eigenvalue weighted by Crippen LogP contribution is -2.27. The number of aromatic nitrogens is 8. The minimum absolute atomic E-state index is 0.178. The van der Waals surface area contributed by atoms with Crippen molar-refractivity contribution in [1.29, 1.82) is 0 Å². The molecule has 492 valence electrons. The van der Waals surface area contributed by atoms with Gasteiger partial charge in [-0.3, -0.25) is 0 Å². The van der Waals surface area contributed by atoms with Crippen LogP contribution in [0.1, 0.15) is 67.3 Å². The second-order valence-corrected chi connectivity index (χ2v) is 28.2. The zero-order chi connectivity index (χ0) is 69.3. The molecule has 9 heterocycles. The van der Waals surface area contributed by atoms with E-state index in [9.17, 15) is 51.9 Å². The van der Waals surface area contributed by atoms with Gasteiger partial charge in [-0.25, -0.2) is 51.9 Å². The third-order valence-corrected chi connectivity index (χ3v) is 18.6. The number of hydrogen-bond donors (Lipinski definition) is 4. The van der Waals surface area contributed by atoms with E-state index in [1.807, 2.05) is 55.9 Å². The number of nitrogens with zero attached hydrogens (tertiary/aromatic N) is 4. The minimum Gasteiger partial charge on any atom is -0.744 e. The Hall–Kier alpha value is -10.3. The summed E-state index contributed by atoms with van der Waals surface area (Å²) in [6, 6.07) is 58.1. The molecular formula is C72H68N8O12S4. The maximum Gasteiger partial charge on any atom is 0.169 e. The first-order valence-corrected chi connectivity index (χ1v) is 35.2. The number of benzene rings is 4. The topological polar surface area (TPSA) is 307 Å². The molecule has 0 radical (unpaired) electrons. The highest BCUT2D eigenvalue weighted by Gasteiger charge is 2.20. The Morgan fingerprint density at radius 1 is 0.240 bits per heavy atom. The van der Waals surface area contributed by atoms with Gasteiger partial charge in [0.15, 0.2) is 49.6 Å². The van der Waals surface area contributed by atoms with E-state index < -0.39 is 40.5 Å². The fourth-order valence-electron chi connectivity index (χ4n) is 10.1. The fraction of sp³-hybridized carbons (Fsp3) is 0.111. The van der Waals surface area contributed by atoms with Crippen molar-refractivity contribution in [3.8, 4) is 0 Å². The zero-order valence-corrected chi connectivity index (χ0v) is 56.7. The van der Waals surface area contributed by atoms with E-state index in [4.69, 9.17) is 0 Å². The van der Waals surface area contributed by atoms with Gasteiger partial charge in [-0.15, -0.1) is 0 Å². The maximum atomic E-state index is 10.4. The van der Waals surface area contributed by atoms with Crippen LogP contribution in [0.15, 0.2) is 263 Å². The first kappa shape index (κ1) is 70.0. The summed E-state index contributed by atoms with van der Waals surface area (Å²) in [5.74, 6) is 0. The molecule has 1 aliphatic heterocycles. The lowest BCUT2D eigenvalue weighted by Gasteiger charge is -2.09. The Kier molecular flexibility index (Phi) is 21.6. The van der Waals surface area contributed by atoms with Gasteiger partial charge in [0.1, 0.15) is 68.7 Å². The Morgan fingerprint density at radius 3 is 0.562 bits per heavy atom. The smallest absolute Gasteiger partial charge is 0.169 e. The highest BCUT2D eigenvalue weighted by molar-refractivity contribution is 7.86. The summed E-state index contributed by atoms with van der Waals surface area (Å²) in [6.07, 6.45) is 16.8. The van der Waals surface area contributed by atoms with Crippen LogP contribution in [0.2, 0.25) is 0 Å². The summed E-state index contributed by atoms with van der Waals surface area (Å²) >= 11 is 0. The van der Waals surface area contributed by atoms with Crippen molar-refractivity contribution in [2.45, 2.75) is 47.3 Å². The summed E-state index contributed by atoms with van der Waals surface area (Å²) < 4.78 is 133. The number of aromatic amines is 4. The van der Waals surface area contributed by atoms with E-state index in [0.717, 1.165) is 111 Å². The summed E-state index contributed by atoms with van der Waals surface area (Å²) in [4.78, 5) is 14.8. The third-order valence-electron chi connectivity index (χ3n) is 15.2. The van der Waals surface area contributed by atoms with Gasteiger partial charge in [0.05, 0.1) is 19.6 Å². The SMILES string of the molecule is C[n+]1ccc(C2=c3ccc([nH]3)=C(c3cc[n+](C)cc3)c3ccc([nH]3)C(c3cc[n+](C)cc3)=c3ccc([nH]3)=C(c3cc[n+](C)cc3)c3ccc2[nH]3)cc1.Cc1ccc(S(=O)(=O)[O-])cc1.Cc1ccc(S(=O)(=O)[O-])cc1.Cc1ccc(S(=O)(=O)[O-])cc1.Cc1ccc(S(=O)(=O)[O-])cc1. The molecule has 8 aromatic heterocycles. The molecule has 12 aromatic rings. The fourth-order valence-corrected chi connectivity index (χ4v) is 11.9. The van der Waals surface area contributed by atoms with Crippen LogP contribution < -0.4 is 39.7 Å². The summed E-state index contributed by atoms with van der Waals surface area (Å²) in [5.41, 5.74) is 16.6. The summed E-state index contributed by atoms with van der Waals surface area (Å²) in [6.45, 7) is 7.28. The Labute approximate surface area is 557 Å². The van der Waals surface area contributed by atoms with Gasteiger partial charge in [-0.1, -0.05) is 70.8 Å². The van der Waals surface area contributed by atoms with Crippen molar-refractivity contribution < 1.29 is 70.2 Å². The van der Waals surface area contributed by atoms with Crippen molar-refractivity contribution in [1.82, 2.24) is 19.9 Å². The van der Waals surface area contributed by atoms with Crippen molar-refractivity contribution in [3.05, 3.63) is 332 Å². The van der Waals surface area contributed by atoms with E-state index in [2.05, 4.69) is 185 Å². The average molecular weight is 1370 g/mol. The number of H-pyrrole nitrogens is 4. The van der Waals surface area contributed by atoms with Crippen molar-refractivity contribution in [2.75, 3.05) is 0 Å². The number of aryl methyl sites for hydroxylation is 8. The molecule has 4 aromatic carbocycles. The Morgan fingerprint density at radius 2 is 0.406 bits per heavy atom. The summed E-state index contributed by atoms with van der Waals surface area (Å²) in [7, 11) is -8.89. The van der Waals surface area contributed by atoms with Crippen LogP contribution in [0.3, 0.4) is 0 Å². The van der Waals surface area contributed by atoms with E-state index >= 15 is 0 Å². The molecule has 4 N–H and O–H groups in total. The predicted octanol–water partition coefficient (Wildman–Crippen LogP) is 5.20. The number of rotatable bonds is 8. The molecule has 0 amide bonds. The quantitative estimate of drug-likeness (QED) is 0.113. The van der Waals surface area contributed by atoms with E-state index in [1.165, 1.54) is 48.5 Å².